The largest absolute Gasteiger partial charge is 0.481 e. The minimum absolute atomic E-state index is 0.253. The highest BCUT2D eigenvalue weighted by Crippen LogP contribution is 2.06. The Morgan fingerprint density at radius 1 is 1.41 bits per heavy atom. The van der Waals surface area contributed by atoms with Gasteiger partial charge in [-0.15, -0.1) is 0 Å². The molecule has 0 aromatic carbocycles. The summed E-state index contributed by atoms with van der Waals surface area (Å²) >= 11 is 0. The number of urea groups is 1. The van der Waals surface area contributed by atoms with Gasteiger partial charge < -0.3 is 26.6 Å². The van der Waals surface area contributed by atoms with Gasteiger partial charge in [0.15, 0.2) is 0 Å². The Morgan fingerprint density at radius 3 is 2.35 bits per heavy atom. The Bertz CT molecular complexity index is 316. The van der Waals surface area contributed by atoms with Gasteiger partial charge in [-0.25, -0.2) is 4.79 Å². The number of hydrogen-bond donors (Lipinski definition) is 5. The van der Waals surface area contributed by atoms with Gasteiger partial charge in [-0.1, -0.05) is 0 Å². The molecule has 0 saturated heterocycles. The van der Waals surface area contributed by atoms with E-state index >= 15 is 0 Å². The van der Waals surface area contributed by atoms with Crippen molar-refractivity contribution in [1.82, 2.24) is 10.6 Å². The van der Waals surface area contributed by atoms with E-state index in [-0.39, 0.29) is 6.54 Å². The number of aliphatic carboxylic acids is 1. The maximum atomic E-state index is 11.2. The summed E-state index contributed by atoms with van der Waals surface area (Å²) in [5, 5.41) is 22.5. The van der Waals surface area contributed by atoms with E-state index in [0.29, 0.717) is 0 Å². The molecule has 0 fully saturated rings. The highest BCUT2D eigenvalue weighted by atomic mass is 16.4. The molecule has 0 aliphatic heterocycles. The summed E-state index contributed by atoms with van der Waals surface area (Å²) in [6.07, 6.45) is -0.501. The molecule has 0 rings (SSSR count). The molecule has 0 aromatic heterocycles. The van der Waals surface area contributed by atoms with Crippen LogP contribution in [0, 0.1) is 0 Å². The number of aliphatic hydroxyl groups is 1. The van der Waals surface area contributed by atoms with E-state index in [4.69, 9.17) is 10.8 Å². The summed E-state index contributed by atoms with van der Waals surface area (Å²) in [5.74, 6) is -1.87. The minimum Gasteiger partial charge on any atom is -0.481 e. The first-order valence-electron chi connectivity index (χ1n) is 4.92. The zero-order valence-corrected chi connectivity index (χ0v) is 9.69. The second-order valence-electron chi connectivity index (χ2n) is 4.02. The molecule has 2 unspecified atom stereocenters. The SMILES string of the molecule is CC(NC(=O)NCC(C)(O)CC(=O)O)C(N)=O. The number of amides is 3. The summed E-state index contributed by atoms with van der Waals surface area (Å²) in [7, 11) is 0. The van der Waals surface area contributed by atoms with E-state index in [1.165, 1.54) is 13.8 Å². The maximum Gasteiger partial charge on any atom is 0.315 e. The normalized spacial score (nSPS) is 15.5. The fraction of sp³-hybridized carbons (Fsp3) is 0.667. The number of carboxylic acids is 1. The van der Waals surface area contributed by atoms with Crippen molar-refractivity contribution in [1.29, 1.82) is 0 Å². The number of rotatable bonds is 6. The van der Waals surface area contributed by atoms with Crippen LogP contribution in [-0.4, -0.2) is 46.3 Å². The zero-order chi connectivity index (χ0) is 13.6. The van der Waals surface area contributed by atoms with Gasteiger partial charge in [0.25, 0.3) is 0 Å². The van der Waals surface area contributed by atoms with Crippen LogP contribution < -0.4 is 16.4 Å². The molecule has 6 N–H and O–H groups in total. The average Bonchev–Trinajstić information content (AvgIpc) is 2.12. The third-order valence-electron chi connectivity index (χ3n) is 1.94. The first-order chi connectivity index (χ1) is 7.64. The standard InChI is InChI=1S/C9H17N3O5/c1-5(7(10)15)12-8(16)11-4-9(2,17)3-6(13)14/h5,17H,3-4H2,1-2H3,(H2,10,15)(H,13,14)(H2,11,12,16). The van der Waals surface area contributed by atoms with Gasteiger partial charge in [0.05, 0.1) is 12.0 Å². The molecular formula is C9H17N3O5. The van der Waals surface area contributed by atoms with Crippen LogP contribution >= 0.6 is 0 Å². The molecule has 8 nitrogen and oxygen atoms in total. The van der Waals surface area contributed by atoms with Crippen molar-refractivity contribution >= 4 is 17.9 Å². The summed E-state index contributed by atoms with van der Waals surface area (Å²) in [6, 6.07) is -1.55. The number of carboxylic acid groups (broad SMARTS) is 1. The number of nitrogens with one attached hydrogen (secondary N) is 2. The number of carbonyl (C=O) groups excluding carboxylic acids is 2. The molecular weight excluding hydrogens is 230 g/mol. The summed E-state index contributed by atoms with van der Waals surface area (Å²) in [5.41, 5.74) is 3.37. The highest BCUT2D eigenvalue weighted by Gasteiger charge is 2.25. The van der Waals surface area contributed by atoms with Crippen LogP contribution in [-0.2, 0) is 9.59 Å². The van der Waals surface area contributed by atoms with Gasteiger partial charge in [0.2, 0.25) is 5.91 Å². The Hall–Kier alpha value is -1.83. The van der Waals surface area contributed by atoms with Gasteiger partial charge in [0.1, 0.15) is 6.04 Å². The molecule has 3 amide bonds. The van der Waals surface area contributed by atoms with Crippen LogP contribution in [0.1, 0.15) is 20.3 Å². The average molecular weight is 247 g/mol. The van der Waals surface area contributed by atoms with Gasteiger partial charge in [-0.3, -0.25) is 9.59 Å². The second kappa shape index (κ2) is 6.04. The number of nitrogens with two attached hydrogens (primary N) is 1. The lowest BCUT2D eigenvalue weighted by molar-refractivity contribution is -0.141. The van der Waals surface area contributed by atoms with Gasteiger partial charge in [0, 0.05) is 6.54 Å². The molecule has 0 spiro atoms. The van der Waals surface area contributed by atoms with E-state index in [2.05, 4.69) is 10.6 Å². The lowest BCUT2D eigenvalue weighted by Gasteiger charge is -2.22. The first kappa shape index (κ1) is 15.2. The molecule has 98 valence electrons. The number of primary amides is 1. The molecule has 8 heteroatoms. The van der Waals surface area contributed by atoms with Crippen molar-refractivity contribution in [3.05, 3.63) is 0 Å². The van der Waals surface area contributed by atoms with Crippen molar-refractivity contribution < 1.29 is 24.6 Å². The number of hydrogen-bond acceptors (Lipinski definition) is 4. The quantitative estimate of drug-likeness (QED) is 0.383. The Kier molecular flexibility index (Phi) is 5.39. The molecule has 0 aliphatic carbocycles. The van der Waals surface area contributed by atoms with Gasteiger partial charge >= 0.3 is 12.0 Å². The fourth-order valence-corrected chi connectivity index (χ4v) is 0.978. The van der Waals surface area contributed by atoms with Gasteiger partial charge in [-0.2, -0.15) is 0 Å². The van der Waals surface area contributed by atoms with E-state index in [1.807, 2.05) is 0 Å². The maximum absolute atomic E-state index is 11.2. The fourth-order valence-electron chi connectivity index (χ4n) is 0.978. The second-order valence-corrected chi connectivity index (χ2v) is 4.02. The molecule has 2 atom stereocenters. The first-order valence-corrected chi connectivity index (χ1v) is 4.92. The predicted molar refractivity (Wildman–Crippen MR) is 58.1 cm³/mol. The van der Waals surface area contributed by atoms with Crippen molar-refractivity contribution in [2.45, 2.75) is 31.9 Å². The molecule has 0 heterocycles. The summed E-state index contributed by atoms with van der Waals surface area (Å²) in [4.78, 5) is 32.2. The van der Waals surface area contributed by atoms with Crippen LogP contribution in [0.25, 0.3) is 0 Å². The van der Waals surface area contributed by atoms with Crippen molar-refractivity contribution in [3.63, 3.8) is 0 Å². The topological polar surface area (TPSA) is 142 Å². The van der Waals surface area contributed by atoms with E-state index < -0.39 is 36.0 Å². The van der Waals surface area contributed by atoms with Crippen molar-refractivity contribution in [2.75, 3.05) is 6.54 Å². The third-order valence-corrected chi connectivity index (χ3v) is 1.94. The lowest BCUT2D eigenvalue weighted by Crippen LogP contribution is -2.50. The summed E-state index contributed by atoms with van der Waals surface area (Å²) < 4.78 is 0. The monoisotopic (exact) mass is 247 g/mol. The Balaban J connectivity index is 4.07. The van der Waals surface area contributed by atoms with Crippen LogP contribution in [0.3, 0.4) is 0 Å². The van der Waals surface area contributed by atoms with Gasteiger partial charge in [-0.05, 0) is 13.8 Å². The third kappa shape index (κ3) is 7.12. The highest BCUT2D eigenvalue weighted by molar-refractivity contribution is 5.85. The van der Waals surface area contributed by atoms with Crippen LogP contribution in [0.5, 0.6) is 0 Å². The molecule has 17 heavy (non-hydrogen) atoms. The molecule has 0 radical (unpaired) electrons. The van der Waals surface area contributed by atoms with Crippen molar-refractivity contribution in [3.8, 4) is 0 Å². The molecule has 0 aliphatic rings. The molecule has 0 bridgehead atoms. The number of carbonyl (C=O) groups is 3. The smallest absolute Gasteiger partial charge is 0.315 e. The predicted octanol–water partition coefficient (Wildman–Crippen LogP) is -1.61. The van der Waals surface area contributed by atoms with E-state index in [1.54, 1.807) is 0 Å². The van der Waals surface area contributed by atoms with Crippen LogP contribution in [0.15, 0.2) is 0 Å². The van der Waals surface area contributed by atoms with E-state index in [9.17, 15) is 19.5 Å². The molecule has 0 saturated carbocycles. The Morgan fingerprint density at radius 2 is 1.94 bits per heavy atom. The molecule has 0 aromatic rings. The van der Waals surface area contributed by atoms with Crippen molar-refractivity contribution in [2.24, 2.45) is 5.73 Å². The summed E-state index contributed by atoms with van der Waals surface area (Å²) in [6.45, 7) is 2.42. The van der Waals surface area contributed by atoms with Crippen LogP contribution in [0.4, 0.5) is 4.79 Å². The minimum atomic E-state index is -1.56. The van der Waals surface area contributed by atoms with E-state index in [0.717, 1.165) is 0 Å². The van der Waals surface area contributed by atoms with Crippen LogP contribution in [0.2, 0.25) is 0 Å². The Labute approximate surface area is 98.2 Å². The zero-order valence-electron chi connectivity index (χ0n) is 9.69. The lowest BCUT2D eigenvalue weighted by atomic mass is 10.0.